The van der Waals surface area contributed by atoms with Crippen LogP contribution in [0.15, 0.2) is 36.7 Å². The van der Waals surface area contributed by atoms with Gasteiger partial charge in [0.1, 0.15) is 0 Å². The molecule has 1 N–H and O–H groups in total. The molecule has 0 saturated carbocycles. The Balaban J connectivity index is 1.41. The van der Waals surface area contributed by atoms with Crippen LogP contribution in [0, 0.1) is 0 Å². The minimum Gasteiger partial charge on any atom is -0.454 e. The molecule has 4 rings (SSSR count). The van der Waals surface area contributed by atoms with Gasteiger partial charge >= 0.3 is 0 Å². The van der Waals surface area contributed by atoms with Gasteiger partial charge in [-0.15, -0.1) is 0 Å². The number of amides is 1. The van der Waals surface area contributed by atoms with Gasteiger partial charge in [-0.3, -0.25) is 9.78 Å². The highest BCUT2D eigenvalue weighted by atomic mass is 16.7. The van der Waals surface area contributed by atoms with Crippen LogP contribution in [0.5, 0.6) is 11.5 Å². The van der Waals surface area contributed by atoms with E-state index in [9.17, 15) is 4.79 Å². The summed E-state index contributed by atoms with van der Waals surface area (Å²) in [7, 11) is 0. The lowest BCUT2D eigenvalue weighted by atomic mass is 10.2. The number of anilines is 1. The Hall–Kier alpha value is -2.76. The summed E-state index contributed by atoms with van der Waals surface area (Å²) in [5.41, 5.74) is 2.56. The Morgan fingerprint density at radius 2 is 1.85 bits per heavy atom. The van der Waals surface area contributed by atoms with Crippen molar-refractivity contribution in [3.8, 4) is 11.5 Å². The van der Waals surface area contributed by atoms with Crippen LogP contribution in [0.2, 0.25) is 0 Å². The van der Waals surface area contributed by atoms with E-state index in [-0.39, 0.29) is 12.7 Å². The third kappa shape index (κ3) is 3.74. The van der Waals surface area contributed by atoms with Crippen LogP contribution < -0.4 is 14.8 Å². The van der Waals surface area contributed by atoms with Crippen LogP contribution in [0.3, 0.4) is 0 Å². The number of ether oxygens (including phenoxy) is 2. The second-order valence-corrected chi connectivity index (χ2v) is 6.71. The number of likely N-dealkylation sites (tertiary alicyclic amines) is 1. The number of nitrogens with zero attached hydrogens (tertiary/aromatic N) is 2. The van der Waals surface area contributed by atoms with Crippen molar-refractivity contribution in [2.45, 2.75) is 32.2 Å². The molecule has 1 saturated heterocycles. The van der Waals surface area contributed by atoms with Gasteiger partial charge in [0.25, 0.3) is 5.91 Å². The summed E-state index contributed by atoms with van der Waals surface area (Å²) in [6, 6.07) is 7.76. The standard InChI is InChI=1S/C20H23N3O3/c24-20(23-7-3-1-2-4-8-23)16-10-17(13-21-12-16)22-11-15-5-6-18-19(9-15)26-14-25-18/h5-6,9-10,12-13,22H,1-4,7-8,11,14H2. The number of rotatable bonds is 4. The number of hydrogen-bond acceptors (Lipinski definition) is 5. The third-order valence-corrected chi connectivity index (χ3v) is 4.81. The van der Waals surface area contributed by atoms with Crippen molar-refractivity contribution in [2.24, 2.45) is 0 Å². The normalized spacial score (nSPS) is 16.2. The molecule has 1 aromatic carbocycles. The van der Waals surface area contributed by atoms with Crippen molar-refractivity contribution in [3.63, 3.8) is 0 Å². The molecule has 0 unspecified atom stereocenters. The highest BCUT2D eigenvalue weighted by Gasteiger charge is 2.18. The molecule has 2 aliphatic rings. The largest absolute Gasteiger partial charge is 0.454 e. The second kappa shape index (κ2) is 7.64. The van der Waals surface area contributed by atoms with Gasteiger partial charge in [0.15, 0.2) is 11.5 Å². The van der Waals surface area contributed by atoms with Crippen molar-refractivity contribution >= 4 is 11.6 Å². The molecule has 0 atom stereocenters. The number of benzene rings is 1. The second-order valence-electron chi connectivity index (χ2n) is 6.71. The Labute approximate surface area is 153 Å². The first-order chi connectivity index (χ1) is 12.8. The predicted octanol–water partition coefficient (Wildman–Crippen LogP) is 3.44. The Kier molecular flexibility index (Phi) is 4.91. The molecular weight excluding hydrogens is 330 g/mol. The monoisotopic (exact) mass is 353 g/mol. The van der Waals surface area contributed by atoms with E-state index in [0.29, 0.717) is 12.1 Å². The molecule has 1 amide bonds. The molecule has 0 spiro atoms. The quantitative estimate of drug-likeness (QED) is 0.912. The van der Waals surface area contributed by atoms with Crippen molar-refractivity contribution in [3.05, 3.63) is 47.8 Å². The number of fused-ring (bicyclic) bond motifs is 1. The summed E-state index contributed by atoms with van der Waals surface area (Å²) in [5.74, 6) is 1.62. The van der Waals surface area contributed by atoms with E-state index < -0.39 is 0 Å². The van der Waals surface area contributed by atoms with Gasteiger partial charge in [0.2, 0.25) is 6.79 Å². The minimum absolute atomic E-state index is 0.0751. The zero-order valence-electron chi connectivity index (χ0n) is 14.7. The van der Waals surface area contributed by atoms with E-state index in [4.69, 9.17) is 9.47 Å². The smallest absolute Gasteiger partial charge is 0.255 e. The molecule has 1 fully saturated rings. The lowest BCUT2D eigenvalue weighted by molar-refractivity contribution is 0.0761. The molecule has 6 nitrogen and oxygen atoms in total. The van der Waals surface area contributed by atoms with Crippen molar-refractivity contribution in [2.75, 3.05) is 25.2 Å². The van der Waals surface area contributed by atoms with E-state index in [2.05, 4.69) is 10.3 Å². The number of pyridine rings is 1. The van der Waals surface area contributed by atoms with Crippen LogP contribution in [0.1, 0.15) is 41.6 Å². The minimum atomic E-state index is 0.0751. The Bertz CT molecular complexity index is 786. The summed E-state index contributed by atoms with van der Waals surface area (Å²) in [6.07, 6.45) is 7.98. The topological polar surface area (TPSA) is 63.7 Å². The average molecular weight is 353 g/mol. The van der Waals surface area contributed by atoms with Crippen LogP contribution in [0.4, 0.5) is 5.69 Å². The van der Waals surface area contributed by atoms with E-state index in [1.165, 1.54) is 12.8 Å². The molecule has 3 heterocycles. The fourth-order valence-corrected chi connectivity index (χ4v) is 3.36. The average Bonchev–Trinajstić information content (AvgIpc) is 2.98. The van der Waals surface area contributed by atoms with Crippen LogP contribution in [0.25, 0.3) is 0 Å². The molecule has 1 aromatic heterocycles. The maximum absolute atomic E-state index is 12.7. The fourth-order valence-electron chi connectivity index (χ4n) is 3.36. The van der Waals surface area contributed by atoms with Gasteiger partial charge in [-0.05, 0) is 36.6 Å². The van der Waals surface area contributed by atoms with Crippen LogP contribution in [-0.4, -0.2) is 35.7 Å². The Morgan fingerprint density at radius 1 is 1.04 bits per heavy atom. The molecule has 0 aliphatic carbocycles. The molecule has 0 bridgehead atoms. The zero-order chi connectivity index (χ0) is 17.8. The van der Waals surface area contributed by atoms with E-state index in [1.807, 2.05) is 29.2 Å². The van der Waals surface area contributed by atoms with Crippen molar-refractivity contribution in [1.29, 1.82) is 0 Å². The molecule has 2 aromatic rings. The molecule has 0 radical (unpaired) electrons. The van der Waals surface area contributed by atoms with E-state index in [1.54, 1.807) is 12.4 Å². The maximum atomic E-state index is 12.7. The van der Waals surface area contributed by atoms with Crippen molar-refractivity contribution in [1.82, 2.24) is 9.88 Å². The van der Waals surface area contributed by atoms with Crippen LogP contribution in [-0.2, 0) is 6.54 Å². The summed E-state index contributed by atoms with van der Waals surface area (Å²) in [4.78, 5) is 18.9. The predicted molar refractivity (Wildman–Crippen MR) is 98.5 cm³/mol. The first kappa shape index (κ1) is 16.7. The lowest BCUT2D eigenvalue weighted by Crippen LogP contribution is -2.31. The molecular formula is C20H23N3O3. The zero-order valence-corrected chi connectivity index (χ0v) is 14.7. The first-order valence-corrected chi connectivity index (χ1v) is 9.16. The fraction of sp³-hybridized carbons (Fsp3) is 0.400. The van der Waals surface area contributed by atoms with E-state index in [0.717, 1.165) is 48.7 Å². The van der Waals surface area contributed by atoms with Gasteiger partial charge in [0, 0.05) is 32.0 Å². The number of carbonyl (C=O) groups excluding carboxylic acids is 1. The number of nitrogens with one attached hydrogen (secondary N) is 1. The number of hydrogen-bond donors (Lipinski definition) is 1. The maximum Gasteiger partial charge on any atom is 0.255 e. The van der Waals surface area contributed by atoms with Gasteiger partial charge in [-0.25, -0.2) is 0 Å². The number of aromatic nitrogens is 1. The third-order valence-electron chi connectivity index (χ3n) is 4.81. The van der Waals surface area contributed by atoms with Gasteiger partial charge in [0.05, 0.1) is 11.3 Å². The van der Waals surface area contributed by atoms with E-state index >= 15 is 0 Å². The highest BCUT2D eigenvalue weighted by molar-refractivity contribution is 5.94. The molecule has 2 aliphatic heterocycles. The summed E-state index contributed by atoms with van der Waals surface area (Å²) >= 11 is 0. The van der Waals surface area contributed by atoms with Gasteiger partial charge in [-0.1, -0.05) is 18.9 Å². The Morgan fingerprint density at radius 3 is 2.69 bits per heavy atom. The molecule has 6 heteroatoms. The molecule has 136 valence electrons. The first-order valence-electron chi connectivity index (χ1n) is 9.16. The summed E-state index contributed by atoms with van der Waals surface area (Å²) < 4.78 is 10.7. The van der Waals surface area contributed by atoms with Gasteiger partial charge < -0.3 is 19.7 Å². The number of carbonyl (C=O) groups is 1. The lowest BCUT2D eigenvalue weighted by Gasteiger charge is -2.20. The summed E-state index contributed by atoms with van der Waals surface area (Å²) in [5, 5.41) is 3.33. The summed E-state index contributed by atoms with van der Waals surface area (Å²) in [6.45, 7) is 2.58. The van der Waals surface area contributed by atoms with Gasteiger partial charge in [-0.2, -0.15) is 0 Å². The van der Waals surface area contributed by atoms with Crippen molar-refractivity contribution < 1.29 is 14.3 Å². The molecule has 26 heavy (non-hydrogen) atoms. The SMILES string of the molecule is O=C(c1cncc(NCc2ccc3c(c2)OCO3)c1)N1CCCCCC1. The van der Waals surface area contributed by atoms with Crippen LogP contribution >= 0.6 is 0 Å². The highest BCUT2D eigenvalue weighted by Crippen LogP contribution is 2.32.